The van der Waals surface area contributed by atoms with Gasteiger partial charge < -0.3 is 15.3 Å². The highest BCUT2D eigenvalue weighted by Gasteiger charge is 2.58. The number of carboxylic acid groups (broad SMARTS) is 2. The van der Waals surface area contributed by atoms with Gasteiger partial charge in [0.2, 0.25) is 0 Å². The number of aliphatic hydroxyl groups excluding tert-OH is 1. The molecule has 0 saturated carbocycles. The summed E-state index contributed by atoms with van der Waals surface area (Å²) in [5, 5.41) is 28.8. The molecule has 61 heavy (non-hydrogen) atoms. The summed E-state index contributed by atoms with van der Waals surface area (Å²) in [6.45, 7) is 12.0. The number of likely N-dealkylation sites (tertiary alicyclic amines) is 1. The van der Waals surface area contributed by atoms with Gasteiger partial charge in [-0.05, 0) is 88.0 Å². The lowest BCUT2D eigenvalue weighted by atomic mass is 9.52. The summed E-state index contributed by atoms with van der Waals surface area (Å²) < 4.78 is 0. The van der Waals surface area contributed by atoms with Crippen LogP contribution in [-0.4, -0.2) is 57.4 Å². The lowest BCUT2D eigenvalue weighted by Crippen LogP contribution is -2.69. The molecule has 362 valence electrons. The van der Waals surface area contributed by atoms with E-state index in [-0.39, 0.29) is 30.4 Å². The smallest absolute Gasteiger partial charge is 0.303 e. The highest BCUT2D eigenvalue weighted by atomic mass is 16.4. The SMILES string of the molecule is CCCCCCCCC(CCCCCC)CC(CCCCCCC(=O)O)(CC(CCCCCC)CCCCCCCC)C1(CCCCO)CCN1CCCCCCCC(=O)O. The summed E-state index contributed by atoms with van der Waals surface area (Å²) in [5.41, 5.74) is 0.391. The van der Waals surface area contributed by atoms with Crippen molar-refractivity contribution < 1.29 is 24.9 Å². The molecule has 1 saturated heterocycles. The average molecular weight is 862 g/mol. The Balaban J connectivity index is 3.75. The number of hydrogen-bond donors (Lipinski definition) is 3. The van der Waals surface area contributed by atoms with Gasteiger partial charge in [-0.15, -0.1) is 0 Å². The van der Waals surface area contributed by atoms with Crippen LogP contribution in [0.2, 0.25) is 0 Å². The standard InChI is InChI=1S/C55H107NO5/c1-5-9-13-17-20-28-38-50(36-26-15-11-7-3)48-54(42-32-24-23-31-41-53(60)61,49-51(37-27-16-12-8-4)39-29-21-18-14-10-6-2)55(43-33-35-47-57)44-46-56(55)45-34-25-19-22-30-40-52(58)59/h50-51,57H,5-49H2,1-4H3,(H,58,59)(H,60,61). The summed E-state index contributed by atoms with van der Waals surface area (Å²) in [5.74, 6) is 0.185. The van der Waals surface area contributed by atoms with Crippen molar-refractivity contribution in [3.8, 4) is 0 Å². The quantitative estimate of drug-likeness (QED) is 0.0527. The molecular weight excluding hydrogens is 755 g/mol. The lowest BCUT2D eigenvalue weighted by Gasteiger charge is -2.65. The fourth-order valence-electron chi connectivity index (χ4n) is 11.6. The first-order valence-corrected chi connectivity index (χ1v) is 27.5. The molecule has 1 fully saturated rings. The van der Waals surface area contributed by atoms with Crippen molar-refractivity contribution in [3.05, 3.63) is 0 Å². The van der Waals surface area contributed by atoms with Gasteiger partial charge in [0.15, 0.2) is 0 Å². The Kier molecular flexibility index (Phi) is 37.2. The maximum absolute atomic E-state index is 11.5. The first-order valence-electron chi connectivity index (χ1n) is 27.5. The average Bonchev–Trinajstić information content (AvgIpc) is 3.23. The van der Waals surface area contributed by atoms with Crippen LogP contribution in [0.4, 0.5) is 0 Å². The van der Waals surface area contributed by atoms with Gasteiger partial charge in [0.1, 0.15) is 0 Å². The van der Waals surface area contributed by atoms with Gasteiger partial charge >= 0.3 is 11.9 Å². The molecule has 0 aliphatic carbocycles. The molecule has 3 atom stereocenters. The van der Waals surface area contributed by atoms with Gasteiger partial charge in [0.05, 0.1) is 0 Å². The largest absolute Gasteiger partial charge is 0.481 e. The molecule has 0 aromatic heterocycles. The van der Waals surface area contributed by atoms with Crippen LogP contribution in [0.1, 0.15) is 297 Å². The summed E-state index contributed by atoms with van der Waals surface area (Å²) in [6.07, 6.45) is 51.0. The molecule has 0 spiro atoms. The first kappa shape index (κ1) is 57.9. The van der Waals surface area contributed by atoms with Gasteiger partial charge in [-0.1, -0.05) is 220 Å². The van der Waals surface area contributed by atoms with Crippen molar-refractivity contribution in [2.75, 3.05) is 19.7 Å². The molecule has 0 aromatic carbocycles. The molecule has 0 amide bonds. The van der Waals surface area contributed by atoms with Gasteiger partial charge in [-0.3, -0.25) is 14.5 Å². The maximum atomic E-state index is 11.5. The van der Waals surface area contributed by atoms with E-state index in [9.17, 15) is 24.9 Å². The third kappa shape index (κ3) is 27.1. The second kappa shape index (κ2) is 39.2. The Morgan fingerprint density at radius 2 is 0.869 bits per heavy atom. The third-order valence-corrected chi connectivity index (χ3v) is 15.2. The predicted molar refractivity (Wildman–Crippen MR) is 263 cm³/mol. The third-order valence-electron chi connectivity index (χ3n) is 15.2. The van der Waals surface area contributed by atoms with E-state index in [0.29, 0.717) is 0 Å². The Labute approximate surface area is 380 Å². The highest BCUT2D eigenvalue weighted by molar-refractivity contribution is 5.66. The van der Waals surface area contributed by atoms with Gasteiger partial charge in [0.25, 0.3) is 0 Å². The zero-order valence-electron chi connectivity index (χ0n) is 41.6. The number of aliphatic carboxylic acids is 2. The zero-order chi connectivity index (χ0) is 44.7. The predicted octanol–water partition coefficient (Wildman–Crippen LogP) is 16.9. The first-order chi connectivity index (χ1) is 29.7. The number of carbonyl (C=O) groups is 2. The minimum Gasteiger partial charge on any atom is -0.481 e. The molecule has 1 aliphatic rings. The van der Waals surface area contributed by atoms with Crippen molar-refractivity contribution in [1.82, 2.24) is 4.90 Å². The fourth-order valence-corrected chi connectivity index (χ4v) is 11.6. The van der Waals surface area contributed by atoms with Gasteiger partial charge in [-0.2, -0.15) is 0 Å². The van der Waals surface area contributed by atoms with Crippen LogP contribution in [0.3, 0.4) is 0 Å². The van der Waals surface area contributed by atoms with Crippen LogP contribution in [0.5, 0.6) is 0 Å². The molecule has 1 heterocycles. The van der Waals surface area contributed by atoms with E-state index < -0.39 is 11.9 Å². The second-order valence-electron chi connectivity index (χ2n) is 20.4. The fraction of sp³-hybridized carbons (Fsp3) is 0.964. The summed E-state index contributed by atoms with van der Waals surface area (Å²) in [4.78, 5) is 25.6. The van der Waals surface area contributed by atoms with E-state index in [1.807, 2.05) is 0 Å². The van der Waals surface area contributed by atoms with Crippen molar-refractivity contribution >= 4 is 11.9 Å². The van der Waals surface area contributed by atoms with E-state index in [1.165, 1.54) is 212 Å². The maximum Gasteiger partial charge on any atom is 0.303 e. The normalized spacial score (nSPS) is 17.6. The lowest BCUT2D eigenvalue weighted by molar-refractivity contribution is -0.146. The van der Waals surface area contributed by atoms with Crippen molar-refractivity contribution in [2.45, 2.75) is 303 Å². The molecule has 1 aliphatic heterocycles. The summed E-state index contributed by atoms with van der Waals surface area (Å²) in [7, 11) is 0. The van der Waals surface area contributed by atoms with Crippen molar-refractivity contribution in [2.24, 2.45) is 17.3 Å². The number of hydrogen-bond acceptors (Lipinski definition) is 4. The van der Waals surface area contributed by atoms with Crippen molar-refractivity contribution in [1.29, 1.82) is 0 Å². The minimum atomic E-state index is -0.674. The molecule has 3 N–H and O–H groups in total. The molecule has 6 heteroatoms. The molecule has 0 bridgehead atoms. The van der Waals surface area contributed by atoms with Gasteiger partial charge in [0, 0.05) is 31.5 Å². The number of nitrogens with zero attached hydrogens (tertiary/aromatic N) is 1. The summed E-state index contributed by atoms with van der Waals surface area (Å²) >= 11 is 0. The monoisotopic (exact) mass is 862 g/mol. The van der Waals surface area contributed by atoms with Crippen LogP contribution < -0.4 is 0 Å². The number of carboxylic acids is 2. The van der Waals surface area contributed by atoms with Crippen LogP contribution in [0, 0.1) is 17.3 Å². The summed E-state index contributed by atoms with van der Waals surface area (Å²) in [6, 6.07) is 0. The molecular formula is C55H107NO5. The van der Waals surface area contributed by atoms with E-state index >= 15 is 0 Å². The molecule has 3 unspecified atom stereocenters. The number of unbranched alkanes of at least 4 members (excludes halogenated alkanes) is 24. The van der Waals surface area contributed by atoms with Crippen molar-refractivity contribution in [3.63, 3.8) is 0 Å². The Morgan fingerprint density at radius 3 is 1.26 bits per heavy atom. The number of aliphatic hydroxyl groups is 1. The van der Waals surface area contributed by atoms with Crippen LogP contribution in [0.25, 0.3) is 0 Å². The molecule has 0 radical (unpaired) electrons. The van der Waals surface area contributed by atoms with Crippen LogP contribution in [0.15, 0.2) is 0 Å². The molecule has 0 aromatic rings. The van der Waals surface area contributed by atoms with Crippen LogP contribution >= 0.6 is 0 Å². The topological polar surface area (TPSA) is 98.1 Å². The molecule has 1 rings (SSSR count). The Morgan fingerprint density at radius 1 is 0.492 bits per heavy atom. The Hall–Kier alpha value is -1.14. The number of rotatable bonds is 48. The van der Waals surface area contributed by atoms with E-state index in [1.54, 1.807) is 0 Å². The molecule has 6 nitrogen and oxygen atoms in total. The Bertz CT molecular complexity index is 969. The zero-order valence-corrected chi connectivity index (χ0v) is 41.6. The highest BCUT2D eigenvalue weighted by Crippen LogP contribution is 2.59. The second-order valence-corrected chi connectivity index (χ2v) is 20.4. The van der Waals surface area contributed by atoms with E-state index in [4.69, 9.17) is 0 Å². The minimum absolute atomic E-state index is 0.165. The van der Waals surface area contributed by atoms with E-state index in [2.05, 4.69) is 32.6 Å². The van der Waals surface area contributed by atoms with Gasteiger partial charge in [-0.25, -0.2) is 0 Å². The van der Waals surface area contributed by atoms with E-state index in [0.717, 1.165) is 69.7 Å². The van der Waals surface area contributed by atoms with Crippen LogP contribution in [-0.2, 0) is 9.59 Å².